The first-order chi connectivity index (χ1) is 12.5. The monoisotopic (exact) mass is 357 g/mol. The Hall–Kier alpha value is -2.89. The van der Waals surface area contributed by atoms with E-state index in [4.69, 9.17) is 4.74 Å². The largest absolute Gasteiger partial charge is 0.507 e. The number of nitrogens with zero attached hydrogens (tertiary/aromatic N) is 1. The minimum absolute atomic E-state index is 0.0207. The van der Waals surface area contributed by atoms with Crippen LogP contribution in [0.4, 0.5) is 5.69 Å². The second kappa shape index (κ2) is 9.56. The number of hydrogen-bond acceptors (Lipinski definition) is 5. The van der Waals surface area contributed by atoms with Gasteiger partial charge in [-0.25, -0.2) is 0 Å². The first-order valence-electron chi connectivity index (χ1n) is 8.78. The van der Waals surface area contributed by atoms with Crippen molar-refractivity contribution >= 4 is 11.5 Å². The van der Waals surface area contributed by atoms with E-state index in [2.05, 4.69) is 6.92 Å². The quantitative estimate of drug-likeness (QED) is 0.283. The lowest BCUT2D eigenvalue weighted by atomic mass is 10.0. The Morgan fingerprint density at radius 2 is 1.81 bits per heavy atom. The van der Waals surface area contributed by atoms with Crippen molar-refractivity contribution < 1.29 is 19.6 Å². The van der Waals surface area contributed by atoms with Gasteiger partial charge < -0.3 is 9.84 Å². The third-order valence-corrected chi connectivity index (χ3v) is 4.06. The zero-order valence-corrected chi connectivity index (χ0v) is 14.8. The fourth-order valence-electron chi connectivity index (χ4n) is 2.63. The van der Waals surface area contributed by atoms with Gasteiger partial charge in [-0.1, -0.05) is 62.9 Å². The van der Waals surface area contributed by atoms with Crippen LogP contribution in [0.25, 0.3) is 0 Å². The van der Waals surface area contributed by atoms with Gasteiger partial charge in [-0.2, -0.15) is 0 Å². The smallest absolute Gasteiger partial charge is 0.311 e. The summed E-state index contributed by atoms with van der Waals surface area (Å²) in [5.74, 6) is -0.824. The number of benzene rings is 2. The van der Waals surface area contributed by atoms with Crippen LogP contribution in [0.3, 0.4) is 0 Å². The Morgan fingerprint density at radius 3 is 2.46 bits per heavy atom. The summed E-state index contributed by atoms with van der Waals surface area (Å²) in [5.41, 5.74) is -0.0875. The predicted octanol–water partition coefficient (Wildman–Crippen LogP) is 4.88. The van der Waals surface area contributed by atoms with Gasteiger partial charge >= 0.3 is 5.69 Å². The van der Waals surface area contributed by atoms with Gasteiger partial charge in [-0.05, 0) is 6.42 Å². The molecule has 1 N–H and O–H groups in total. The maximum atomic E-state index is 12.5. The topological polar surface area (TPSA) is 89.7 Å². The zero-order valence-electron chi connectivity index (χ0n) is 14.8. The molecule has 0 heterocycles. The van der Waals surface area contributed by atoms with Crippen LogP contribution in [0.1, 0.15) is 54.9 Å². The molecule has 0 aliphatic rings. The highest BCUT2D eigenvalue weighted by Gasteiger charge is 2.23. The summed E-state index contributed by atoms with van der Waals surface area (Å²) in [6.07, 6.45) is 5.15. The molecule has 26 heavy (non-hydrogen) atoms. The molecule has 6 nitrogen and oxygen atoms in total. The molecule has 0 amide bonds. The minimum Gasteiger partial charge on any atom is -0.507 e. The molecular formula is C20H23NO5. The van der Waals surface area contributed by atoms with Crippen LogP contribution in [-0.4, -0.2) is 22.4 Å². The Bertz CT molecular complexity index is 758. The molecule has 0 spiro atoms. The number of aromatic hydroxyl groups is 1. The number of phenolic OH excluding ortho intramolecular Hbond substituents is 1. The van der Waals surface area contributed by atoms with Crippen molar-refractivity contribution in [2.45, 2.75) is 39.0 Å². The Balaban J connectivity index is 2.17. The molecule has 0 aliphatic carbocycles. The van der Waals surface area contributed by atoms with E-state index in [1.807, 2.05) is 0 Å². The molecule has 2 aromatic rings. The number of phenols is 1. The van der Waals surface area contributed by atoms with E-state index in [9.17, 15) is 20.0 Å². The summed E-state index contributed by atoms with van der Waals surface area (Å²) in [7, 11) is 0. The first kappa shape index (κ1) is 19.4. The normalized spacial score (nSPS) is 10.5. The number of hydrogen-bond donors (Lipinski definition) is 1. The van der Waals surface area contributed by atoms with E-state index in [1.54, 1.807) is 30.3 Å². The second-order valence-electron chi connectivity index (χ2n) is 6.05. The summed E-state index contributed by atoms with van der Waals surface area (Å²) in [6, 6.07) is 10.6. The molecule has 0 aromatic heterocycles. The maximum absolute atomic E-state index is 12.5. The summed E-state index contributed by atoms with van der Waals surface area (Å²) in [4.78, 5) is 23.2. The molecule has 2 aromatic carbocycles. The van der Waals surface area contributed by atoms with Crippen LogP contribution in [0.2, 0.25) is 0 Å². The van der Waals surface area contributed by atoms with Crippen molar-refractivity contribution in [2.75, 3.05) is 6.61 Å². The molecule has 2 rings (SSSR count). The van der Waals surface area contributed by atoms with Crippen LogP contribution in [0.15, 0.2) is 42.5 Å². The predicted molar refractivity (Wildman–Crippen MR) is 98.9 cm³/mol. The summed E-state index contributed by atoms with van der Waals surface area (Å²) >= 11 is 0. The summed E-state index contributed by atoms with van der Waals surface area (Å²) < 4.78 is 5.49. The molecule has 0 saturated heterocycles. The van der Waals surface area contributed by atoms with Crippen molar-refractivity contribution in [3.05, 3.63) is 63.7 Å². The zero-order chi connectivity index (χ0) is 18.9. The Morgan fingerprint density at radius 1 is 1.12 bits per heavy atom. The maximum Gasteiger partial charge on any atom is 0.311 e. The van der Waals surface area contributed by atoms with Crippen molar-refractivity contribution in [3.63, 3.8) is 0 Å². The van der Waals surface area contributed by atoms with Crippen molar-refractivity contribution in [3.8, 4) is 11.5 Å². The Kier molecular flexibility index (Phi) is 7.14. The fraction of sp³-hybridized carbons (Fsp3) is 0.350. The molecule has 0 saturated carbocycles. The van der Waals surface area contributed by atoms with Crippen molar-refractivity contribution in [1.82, 2.24) is 0 Å². The lowest BCUT2D eigenvalue weighted by molar-refractivity contribution is -0.385. The number of ketones is 1. The van der Waals surface area contributed by atoms with Crippen molar-refractivity contribution in [2.24, 2.45) is 0 Å². The van der Waals surface area contributed by atoms with E-state index in [1.165, 1.54) is 0 Å². The van der Waals surface area contributed by atoms with E-state index < -0.39 is 10.7 Å². The van der Waals surface area contributed by atoms with Crippen molar-refractivity contribution in [1.29, 1.82) is 0 Å². The summed E-state index contributed by atoms with van der Waals surface area (Å²) in [6.45, 7) is 2.46. The molecule has 0 fully saturated rings. The van der Waals surface area contributed by atoms with Gasteiger partial charge in [0, 0.05) is 17.7 Å². The molecule has 0 bridgehead atoms. The molecule has 6 heteroatoms. The highest BCUT2D eigenvalue weighted by molar-refractivity contribution is 6.11. The van der Waals surface area contributed by atoms with E-state index in [-0.39, 0.29) is 22.7 Å². The molecule has 0 aliphatic heterocycles. The average molecular weight is 357 g/mol. The number of carbonyl (C=O) groups excluding carboxylic acids is 1. The van der Waals surface area contributed by atoms with Crippen LogP contribution < -0.4 is 4.74 Å². The number of nitro benzene ring substituents is 1. The van der Waals surface area contributed by atoms with E-state index in [0.29, 0.717) is 12.2 Å². The molecule has 138 valence electrons. The number of nitro groups is 1. The van der Waals surface area contributed by atoms with Crippen LogP contribution in [0.5, 0.6) is 11.5 Å². The highest BCUT2D eigenvalue weighted by atomic mass is 16.6. The molecule has 0 unspecified atom stereocenters. The number of unbranched alkanes of at least 4 members (excludes halogenated alkanes) is 4. The van der Waals surface area contributed by atoms with Crippen LogP contribution in [0, 0.1) is 10.1 Å². The van der Waals surface area contributed by atoms with Gasteiger partial charge in [-0.3, -0.25) is 14.9 Å². The van der Waals surface area contributed by atoms with Gasteiger partial charge in [0.25, 0.3) is 0 Å². The van der Waals surface area contributed by atoms with Gasteiger partial charge in [-0.15, -0.1) is 0 Å². The lowest BCUT2D eigenvalue weighted by Gasteiger charge is -2.10. The summed E-state index contributed by atoms with van der Waals surface area (Å²) in [5, 5.41) is 21.5. The van der Waals surface area contributed by atoms with Gasteiger partial charge in [0.15, 0.2) is 5.78 Å². The van der Waals surface area contributed by atoms with Crippen LogP contribution >= 0.6 is 0 Å². The third-order valence-electron chi connectivity index (χ3n) is 4.06. The van der Waals surface area contributed by atoms with Crippen LogP contribution in [-0.2, 0) is 0 Å². The average Bonchev–Trinajstić information content (AvgIpc) is 2.64. The Labute approximate surface area is 152 Å². The molecular weight excluding hydrogens is 334 g/mol. The minimum atomic E-state index is -0.604. The van der Waals surface area contributed by atoms with Gasteiger partial charge in [0.05, 0.1) is 17.1 Å². The SMILES string of the molecule is CCCCCCCOc1cc(O)c(C(=O)c2ccccc2)cc1[N+](=O)[O-]. The number of carbonyl (C=O) groups is 1. The first-order valence-corrected chi connectivity index (χ1v) is 8.78. The number of rotatable bonds is 10. The van der Waals surface area contributed by atoms with E-state index >= 15 is 0 Å². The van der Waals surface area contributed by atoms with E-state index in [0.717, 1.165) is 44.2 Å². The van der Waals surface area contributed by atoms with Gasteiger partial charge in [0.2, 0.25) is 5.75 Å². The fourth-order valence-corrected chi connectivity index (χ4v) is 2.63. The third kappa shape index (κ3) is 5.05. The lowest BCUT2D eigenvalue weighted by Crippen LogP contribution is -2.05. The second-order valence-corrected chi connectivity index (χ2v) is 6.05. The standard InChI is InChI=1S/C20H23NO5/c1-2-3-4-5-9-12-26-19-14-18(22)16(13-17(19)21(24)25)20(23)15-10-7-6-8-11-15/h6-8,10-11,13-14,22H,2-5,9,12H2,1H3. The molecule has 0 atom stereocenters. The highest BCUT2D eigenvalue weighted by Crippen LogP contribution is 2.35. The molecule has 0 radical (unpaired) electrons. The van der Waals surface area contributed by atoms with Gasteiger partial charge in [0.1, 0.15) is 5.75 Å². The number of ether oxygens (including phenoxy) is 1.